The number of benzene rings is 2. The molecule has 0 saturated carbocycles. The minimum absolute atomic E-state index is 0.270. The van der Waals surface area contributed by atoms with Crippen molar-refractivity contribution in [1.29, 1.82) is 0 Å². The van der Waals surface area contributed by atoms with Crippen LogP contribution < -0.4 is 14.8 Å². The van der Waals surface area contributed by atoms with E-state index in [9.17, 15) is 4.79 Å². The van der Waals surface area contributed by atoms with Gasteiger partial charge in [0.05, 0.1) is 7.11 Å². The van der Waals surface area contributed by atoms with E-state index in [1.807, 2.05) is 42.1 Å². The second-order valence-corrected chi connectivity index (χ2v) is 6.73. The number of amides is 1. The number of hydrogen-bond donors (Lipinski definition) is 1. The van der Waals surface area contributed by atoms with E-state index in [1.54, 1.807) is 44.5 Å². The molecule has 0 aliphatic heterocycles. The van der Waals surface area contributed by atoms with Crippen LogP contribution in [-0.2, 0) is 11.8 Å². The van der Waals surface area contributed by atoms with Crippen molar-refractivity contribution in [1.82, 2.24) is 14.9 Å². The third-order valence-corrected chi connectivity index (χ3v) is 4.60. The summed E-state index contributed by atoms with van der Waals surface area (Å²) < 4.78 is 13.1. The topological polar surface area (TPSA) is 65.4 Å². The summed E-state index contributed by atoms with van der Waals surface area (Å²) in [4.78, 5) is 17.3. The van der Waals surface area contributed by atoms with Gasteiger partial charge in [0, 0.05) is 30.0 Å². The molecule has 1 N–H and O–H groups in total. The molecule has 1 aromatic heterocycles. The second-order valence-electron chi connectivity index (χ2n) is 6.29. The Morgan fingerprint density at radius 3 is 2.54 bits per heavy atom. The Balaban J connectivity index is 1.84. The monoisotopic (exact) mass is 399 g/mol. The Hall–Kier alpha value is -2.99. The number of hydrogen-bond acceptors (Lipinski definition) is 4. The highest BCUT2D eigenvalue weighted by atomic mass is 35.5. The molecule has 2 aromatic carbocycles. The van der Waals surface area contributed by atoms with Crippen molar-refractivity contribution in [2.45, 2.75) is 19.1 Å². The van der Waals surface area contributed by atoms with Gasteiger partial charge in [0.15, 0.2) is 6.10 Å². The first-order chi connectivity index (χ1) is 13.5. The van der Waals surface area contributed by atoms with E-state index in [0.717, 1.165) is 5.56 Å². The van der Waals surface area contributed by atoms with Crippen LogP contribution >= 0.6 is 11.6 Å². The zero-order valence-corrected chi connectivity index (χ0v) is 16.7. The third-order valence-electron chi connectivity index (χ3n) is 4.35. The summed E-state index contributed by atoms with van der Waals surface area (Å²) in [5, 5.41) is 3.64. The second kappa shape index (κ2) is 8.80. The van der Waals surface area contributed by atoms with Gasteiger partial charge in [0.1, 0.15) is 23.4 Å². The molecule has 1 heterocycles. The van der Waals surface area contributed by atoms with Gasteiger partial charge in [-0.1, -0.05) is 29.8 Å². The number of carbonyl (C=O) groups excluding carboxylic acids is 1. The maximum Gasteiger partial charge on any atom is 0.261 e. The number of imidazole rings is 1. The van der Waals surface area contributed by atoms with Crippen molar-refractivity contribution in [3.05, 3.63) is 77.3 Å². The van der Waals surface area contributed by atoms with Crippen LogP contribution in [0.15, 0.2) is 60.9 Å². The predicted molar refractivity (Wildman–Crippen MR) is 108 cm³/mol. The largest absolute Gasteiger partial charge is 0.496 e. The number of carbonyl (C=O) groups is 1. The Bertz CT molecular complexity index is 940. The van der Waals surface area contributed by atoms with Crippen molar-refractivity contribution in [2.24, 2.45) is 7.05 Å². The molecular weight excluding hydrogens is 378 g/mol. The zero-order valence-electron chi connectivity index (χ0n) is 15.9. The van der Waals surface area contributed by atoms with Gasteiger partial charge in [-0.25, -0.2) is 4.98 Å². The molecule has 3 rings (SSSR count). The highest BCUT2D eigenvalue weighted by Crippen LogP contribution is 2.29. The lowest BCUT2D eigenvalue weighted by atomic mass is 10.0. The van der Waals surface area contributed by atoms with Crippen molar-refractivity contribution in [3.63, 3.8) is 0 Å². The van der Waals surface area contributed by atoms with Crippen LogP contribution in [-0.4, -0.2) is 28.7 Å². The predicted octanol–water partition coefficient (Wildman–Crippen LogP) is 3.76. The molecule has 146 valence electrons. The number of nitrogens with zero attached hydrogens (tertiary/aromatic N) is 2. The van der Waals surface area contributed by atoms with Crippen molar-refractivity contribution >= 4 is 17.5 Å². The van der Waals surface area contributed by atoms with Gasteiger partial charge in [-0.15, -0.1) is 0 Å². The van der Waals surface area contributed by atoms with Gasteiger partial charge in [-0.3, -0.25) is 4.79 Å². The first-order valence-corrected chi connectivity index (χ1v) is 9.20. The number of aromatic nitrogens is 2. The van der Waals surface area contributed by atoms with Crippen LogP contribution in [0.25, 0.3) is 0 Å². The van der Waals surface area contributed by atoms with Crippen molar-refractivity contribution < 1.29 is 14.3 Å². The molecule has 0 aliphatic rings. The fourth-order valence-electron chi connectivity index (χ4n) is 2.87. The molecule has 1 amide bonds. The van der Waals surface area contributed by atoms with E-state index in [0.29, 0.717) is 22.3 Å². The lowest BCUT2D eigenvalue weighted by Crippen LogP contribution is -2.40. The van der Waals surface area contributed by atoms with Gasteiger partial charge in [0.2, 0.25) is 0 Å². The quantitative estimate of drug-likeness (QED) is 0.657. The fraction of sp³-hybridized carbons (Fsp3) is 0.238. The van der Waals surface area contributed by atoms with Crippen LogP contribution in [0.3, 0.4) is 0 Å². The molecule has 0 spiro atoms. The van der Waals surface area contributed by atoms with Gasteiger partial charge >= 0.3 is 0 Å². The Morgan fingerprint density at radius 1 is 1.18 bits per heavy atom. The van der Waals surface area contributed by atoms with E-state index in [2.05, 4.69) is 10.3 Å². The molecule has 0 aliphatic carbocycles. The highest BCUT2D eigenvalue weighted by Gasteiger charge is 2.26. The number of para-hydroxylation sites is 1. The van der Waals surface area contributed by atoms with Gasteiger partial charge in [-0.05, 0) is 37.3 Å². The van der Waals surface area contributed by atoms with Crippen molar-refractivity contribution in [2.75, 3.05) is 7.11 Å². The number of aryl methyl sites for hydroxylation is 1. The minimum atomic E-state index is -0.710. The molecule has 7 heteroatoms. The first-order valence-electron chi connectivity index (χ1n) is 8.82. The lowest BCUT2D eigenvalue weighted by molar-refractivity contribution is -0.127. The molecule has 28 heavy (non-hydrogen) atoms. The number of methoxy groups -OCH3 is 1. The van der Waals surface area contributed by atoms with Gasteiger partial charge in [0.25, 0.3) is 5.91 Å². The lowest BCUT2D eigenvalue weighted by Gasteiger charge is -2.23. The summed E-state index contributed by atoms with van der Waals surface area (Å²) in [5.74, 6) is 1.66. The average molecular weight is 400 g/mol. The van der Waals surface area contributed by atoms with E-state index >= 15 is 0 Å². The first kappa shape index (κ1) is 19.8. The molecule has 2 atom stereocenters. The molecule has 0 bridgehead atoms. The summed E-state index contributed by atoms with van der Waals surface area (Å²) >= 11 is 5.89. The fourth-order valence-corrected chi connectivity index (χ4v) is 3.00. The molecule has 0 fully saturated rings. The zero-order chi connectivity index (χ0) is 20.1. The molecule has 0 unspecified atom stereocenters. The number of halogens is 1. The molecule has 6 nitrogen and oxygen atoms in total. The number of nitrogens with one attached hydrogen (secondary N) is 1. The van der Waals surface area contributed by atoms with Crippen LogP contribution in [0.1, 0.15) is 24.4 Å². The van der Waals surface area contributed by atoms with E-state index in [-0.39, 0.29) is 5.91 Å². The summed E-state index contributed by atoms with van der Waals surface area (Å²) in [6, 6.07) is 13.9. The maximum atomic E-state index is 12.9. The van der Waals surface area contributed by atoms with E-state index < -0.39 is 12.1 Å². The molecule has 3 aromatic rings. The average Bonchev–Trinajstić information content (AvgIpc) is 3.13. The Morgan fingerprint density at radius 2 is 1.89 bits per heavy atom. The maximum absolute atomic E-state index is 12.9. The standard InChI is InChI=1S/C21H22ClN3O3/c1-14(28-16-10-8-15(22)9-11-16)21(26)24-19(20-23-12-13-25(20)2)17-6-4-5-7-18(17)27-3/h4-14,19H,1-3H3,(H,24,26)/t14-,19+/m0/s1. The molecule has 0 saturated heterocycles. The van der Waals surface area contributed by atoms with Crippen LogP contribution in [0, 0.1) is 0 Å². The van der Waals surface area contributed by atoms with E-state index in [1.165, 1.54) is 0 Å². The number of ether oxygens (including phenoxy) is 2. The van der Waals surface area contributed by atoms with Crippen LogP contribution in [0.5, 0.6) is 11.5 Å². The summed E-state index contributed by atoms with van der Waals surface area (Å²) in [6.45, 7) is 1.70. The van der Waals surface area contributed by atoms with Crippen molar-refractivity contribution in [3.8, 4) is 11.5 Å². The number of rotatable bonds is 7. The highest BCUT2D eigenvalue weighted by molar-refractivity contribution is 6.30. The SMILES string of the molecule is COc1ccccc1[C@@H](NC(=O)[C@H](C)Oc1ccc(Cl)cc1)c1nccn1C. The third kappa shape index (κ3) is 4.46. The van der Waals surface area contributed by atoms with Crippen LogP contribution in [0.2, 0.25) is 5.02 Å². The summed E-state index contributed by atoms with van der Waals surface area (Å²) in [7, 11) is 3.48. The van der Waals surface area contributed by atoms with E-state index in [4.69, 9.17) is 21.1 Å². The normalized spacial score (nSPS) is 12.9. The Kier molecular flexibility index (Phi) is 6.21. The van der Waals surface area contributed by atoms with Gasteiger partial charge < -0.3 is 19.4 Å². The summed E-state index contributed by atoms with van der Waals surface area (Å²) in [6.07, 6.45) is 2.81. The minimum Gasteiger partial charge on any atom is -0.496 e. The smallest absolute Gasteiger partial charge is 0.261 e. The molecule has 0 radical (unpaired) electrons. The summed E-state index contributed by atoms with van der Waals surface area (Å²) in [5.41, 5.74) is 0.811. The van der Waals surface area contributed by atoms with Gasteiger partial charge in [-0.2, -0.15) is 0 Å². The molecular formula is C21H22ClN3O3. The van der Waals surface area contributed by atoms with Crippen LogP contribution in [0.4, 0.5) is 0 Å². The Labute approximate surface area is 169 Å².